The van der Waals surface area contributed by atoms with Gasteiger partial charge in [-0.2, -0.15) is 9.40 Å². The lowest BCUT2D eigenvalue weighted by molar-refractivity contribution is -0.122. The molecule has 0 spiro atoms. The lowest BCUT2D eigenvalue weighted by atomic mass is 9.93. The van der Waals surface area contributed by atoms with Crippen molar-refractivity contribution in [3.63, 3.8) is 0 Å². The first-order chi connectivity index (χ1) is 12.4. The molecule has 10 heteroatoms. The van der Waals surface area contributed by atoms with Gasteiger partial charge in [-0.05, 0) is 51.1 Å². The van der Waals surface area contributed by atoms with Crippen molar-refractivity contribution in [1.29, 1.82) is 0 Å². The van der Waals surface area contributed by atoms with Gasteiger partial charge in [0.2, 0.25) is 15.9 Å². The van der Waals surface area contributed by atoms with E-state index < -0.39 is 10.0 Å². The lowest BCUT2D eigenvalue weighted by Gasteiger charge is -2.31. The van der Waals surface area contributed by atoms with E-state index in [1.165, 1.54) is 21.4 Å². The Balaban J connectivity index is 0.00000261. The topological polar surface area (TPSA) is 96.3 Å². The fourth-order valence-electron chi connectivity index (χ4n) is 3.73. The Hall–Kier alpha value is -1.16. The van der Waals surface area contributed by atoms with E-state index in [1.807, 2.05) is 0 Å². The average molecular weight is 420 g/mol. The molecule has 154 valence electrons. The van der Waals surface area contributed by atoms with E-state index >= 15 is 0 Å². The zero-order valence-electron chi connectivity index (χ0n) is 15.8. The van der Waals surface area contributed by atoms with Crippen LogP contribution in [0.4, 0.5) is 0 Å². The maximum Gasteiger partial charge on any atom is 0.246 e. The van der Waals surface area contributed by atoms with Crippen LogP contribution in [0, 0.1) is 5.92 Å². The number of nitrogens with one attached hydrogen (secondary N) is 2. The summed E-state index contributed by atoms with van der Waals surface area (Å²) >= 11 is 0. The minimum absolute atomic E-state index is 0. The van der Waals surface area contributed by atoms with Gasteiger partial charge in [0.25, 0.3) is 0 Å². The fraction of sp³-hybridized carbons (Fsp3) is 0.765. The number of aryl methyl sites for hydroxylation is 1. The molecule has 2 aliphatic heterocycles. The van der Waals surface area contributed by atoms with Crippen LogP contribution in [-0.4, -0.2) is 60.6 Å². The zero-order valence-corrected chi connectivity index (χ0v) is 17.4. The van der Waals surface area contributed by atoms with Gasteiger partial charge in [-0.1, -0.05) is 0 Å². The molecule has 2 fully saturated rings. The molecule has 27 heavy (non-hydrogen) atoms. The highest BCUT2D eigenvalue weighted by Crippen LogP contribution is 2.21. The van der Waals surface area contributed by atoms with Crippen LogP contribution in [-0.2, 0) is 21.9 Å². The molecule has 0 bridgehead atoms. The van der Waals surface area contributed by atoms with Gasteiger partial charge in [0, 0.05) is 38.8 Å². The summed E-state index contributed by atoms with van der Waals surface area (Å²) in [6, 6.07) is 0.0656. The average Bonchev–Trinajstić information content (AvgIpc) is 3.09. The van der Waals surface area contributed by atoms with Crippen molar-refractivity contribution in [3.8, 4) is 0 Å². The van der Waals surface area contributed by atoms with Gasteiger partial charge in [0.15, 0.2) is 0 Å². The van der Waals surface area contributed by atoms with Gasteiger partial charge in [0.1, 0.15) is 4.90 Å². The van der Waals surface area contributed by atoms with Gasteiger partial charge in [-0.25, -0.2) is 8.42 Å². The maximum absolute atomic E-state index is 12.6. The first kappa shape index (κ1) is 22.1. The Labute approximate surface area is 167 Å². The second kappa shape index (κ2) is 9.86. The number of aromatic nitrogens is 2. The molecule has 1 amide bonds. The highest BCUT2D eigenvalue weighted by Gasteiger charge is 2.30. The van der Waals surface area contributed by atoms with Gasteiger partial charge >= 0.3 is 0 Å². The first-order valence-corrected chi connectivity index (χ1v) is 10.9. The summed E-state index contributed by atoms with van der Waals surface area (Å²) in [5.74, 6) is 0.741. The molecule has 3 heterocycles. The summed E-state index contributed by atoms with van der Waals surface area (Å²) in [6.07, 6.45) is 8.02. The quantitative estimate of drug-likeness (QED) is 0.713. The van der Waals surface area contributed by atoms with Crippen molar-refractivity contribution in [2.45, 2.75) is 49.5 Å². The molecule has 2 saturated heterocycles. The van der Waals surface area contributed by atoms with Crippen molar-refractivity contribution < 1.29 is 13.2 Å². The molecular weight excluding hydrogens is 390 g/mol. The van der Waals surface area contributed by atoms with Gasteiger partial charge in [-0.3, -0.25) is 9.48 Å². The molecular formula is C17H30ClN5O3S. The molecule has 1 aromatic heterocycles. The van der Waals surface area contributed by atoms with Crippen LogP contribution in [0.15, 0.2) is 17.3 Å². The Kier molecular flexibility index (Phi) is 8.08. The molecule has 0 unspecified atom stereocenters. The monoisotopic (exact) mass is 419 g/mol. The molecule has 0 radical (unpaired) electrons. The van der Waals surface area contributed by atoms with Crippen LogP contribution in [0.1, 0.15) is 38.5 Å². The predicted octanol–water partition coefficient (Wildman–Crippen LogP) is 0.891. The molecule has 2 N–H and O–H groups in total. The smallest absolute Gasteiger partial charge is 0.246 e. The van der Waals surface area contributed by atoms with Crippen molar-refractivity contribution in [1.82, 2.24) is 24.7 Å². The van der Waals surface area contributed by atoms with Crippen LogP contribution >= 0.6 is 12.4 Å². The number of amides is 1. The Morgan fingerprint density at radius 2 is 1.93 bits per heavy atom. The second-order valence-corrected chi connectivity index (χ2v) is 9.27. The third-order valence-electron chi connectivity index (χ3n) is 5.38. The van der Waals surface area contributed by atoms with E-state index in [1.54, 1.807) is 7.05 Å². The van der Waals surface area contributed by atoms with E-state index in [9.17, 15) is 13.2 Å². The summed E-state index contributed by atoms with van der Waals surface area (Å²) in [7, 11) is -1.79. The molecule has 0 aromatic carbocycles. The predicted molar refractivity (Wildman–Crippen MR) is 105 cm³/mol. The van der Waals surface area contributed by atoms with Gasteiger partial charge in [0.05, 0.1) is 6.20 Å². The number of hydrogen-bond donors (Lipinski definition) is 2. The van der Waals surface area contributed by atoms with Crippen molar-refractivity contribution in [3.05, 3.63) is 12.4 Å². The highest BCUT2D eigenvalue weighted by atomic mass is 35.5. The van der Waals surface area contributed by atoms with Gasteiger partial charge < -0.3 is 10.6 Å². The van der Waals surface area contributed by atoms with Crippen molar-refractivity contribution >= 4 is 28.3 Å². The van der Waals surface area contributed by atoms with Crippen molar-refractivity contribution in [2.24, 2.45) is 13.0 Å². The van der Waals surface area contributed by atoms with Crippen molar-refractivity contribution in [2.75, 3.05) is 26.2 Å². The first-order valence-electron chi connectivity index (χ1n) is 9.44. The van der Waals surface area contributed by atoms with E-state index in [4.69, 9.17) is 0 Å². The summed E-state index contributed by atoms with van der Waals surface area (Å²) in [6.45, 7) is 2.96. The van der Waals surface area contributed by atoms with Crippen LogP contribution < -0.4 is 10.6 Å². The molecule has 1 aromatic rings. The number of sulfonamides is 1. The Morgan fingerprint density at radius 1 is 1.26 bits per heavy atom. The van der Waals surface area contributed by atoms with E-state index in [2.05, 4.69) is 15.7 Å². The molecule has 0 aliphatic carbocycles. The SMILES string of the molecule is Cl.Cn1cc(S(=O)(=O)N2CCC(NC(=O)CCC3CCNCC3)CC2)cn1. The molecule has 2 aliphatic rings. The van der Waals surface area contributed by atoms with E-state index in [0.29, 0.717) is 38.3 Å². The van der Waals surface area contributed by atoms with Crippen LogP contribution in [0.3, 0.4) is 0 Å². The molecule has 0 atom stereocenters. The number of piperidine rings is 2. The third kappa shape index (κ3) is 5.91. The largest absolute Gasteiger partial charge is 0.353 e. The van der Waals surface area contributed by atoms with Crippen LogP contribution in [0.25, 0.3) is 0 Å². The number of carbonyl (C=O) groups excluding carboxylic acids is 1. The van der Waals surface area contributed by atoms with Crippen LogP contribution in [0.5, 0.6) is 0 Å². The lowest BCUT2D eigenvalue weighted by Crippen LogP contribution is -2.46. The van der Waals surface area contributed by atoms with E-state index in [0.717, 1.165) is 32.4 Å². The summed E-state index contributed by atoms with van der Waals surface area (Å²) in [5, 5.41) is 10.4. The summed E-state index contributed by atoms with van der Waals surface area (Å²) in [5.41, 5.74) is 0. The minimum atomic E-state index is -3.49. The molecule has 3 rings (SSSR count). The summed E-state index contributed by atoms with van der Waals surface area (Å²) < 4.78 is 28.2. The number of halogens is 1. The molecule has 8 nitrogen and oxygen atoms in total. The number of rotatable bonds is 6. The maximum atomic E-state index is 12.6. The summed E-state index contributed by atoms with van der Waals surface area (Å²) in [4.78, 5) is 12.4. The molecule has 0 saturated carbocycles. The number of carbonyl (C=O) groups is 1. The van der Waals surface area contributed by atoms with E-state index in [-0.39, 0.29) is 29.3 Å². The Morgan fingerprint density at radius 3 is 2.52 bits per heavy atom. The second-order valence-electron chi connectivity index (χ2n) is 7.33. The van der Waals surface area contributed by atoms with Crippen LogP contribution in [0.2, 0.25) is 0 Å². The third-order valence-corrected chi connectivity index (χ3v) is 7.23. The zero-order chi connectivity index (χ0) is 18.6. The minimum Gasteiger partial charge on any atom is -0.353 e. The standard InChI is InChI=1S/C17H29N5O3S.ClH/c1-21-13-16(12-19-21)26(24,25)22-10-6-15(7-11-22)20-17(23)3-2-14-4-8-18-9-5-14;/h12-15,18H,2-11H2,1H3,(H,20,23);1H. The fourth-order valence-corrected chi connectivity index (χ4v) is 5.18. The Bertz CT molecular complexity index is 710. The highest BCUT2D eigenvalue weighted by molar-refractivity contribution is 7.89. The number of hydrogen-bond acceptors (Lipinski definition) is 5. The number of nitrogens with zero attached hydrogens (tertiary/aromatic N) is 3. The van der Waals surface area contributed by atoms with Gasteiger partial charge in [-0.15, -0.1) is 12.4 Å². The normalized spacial score (nSPS) is 20.2.